The number of carbonyl (C=O) groups is 1. The Bertz CT molecular complexity index is 822. The molecule has 0 radical (unpaired) electrons. The molecule has 4 rings (SSSR count). The monoisotopic (exact) mass is 400 g/mol. The predicted molar refractivity (Wildman–Crippen MR) is 105 cm³/mol. The van der Waals surface area contributed by atoms with E-state index in [9.17, 15) is 9.18 Å². The molecule has 2 saturated heterocycles. The molecule has 2 aliphatic rings. The van der Waals surface area contributed by atoms with Crippen LogP contribution < -0.4 is 4.74 Å². The maximum absolute atomic E-state index is 13.8. The van der Waals surface area contributed by atoms with Crippen molar-refractivity contribution in [3.8, 4) is 17.0 Å². The van der Waals surface area contributed by atoms with Crippen molar-refractivity contribution >= 4 is 5.91 Å². The van der Waals surface area contributed by atoms with Gasteiger partial charge in [0.05, 0.1) is 25.5 Å². The van der Waals surface area contributed by atoms with Crippen molar-refractivity contribution in [1.29, 1.82) is 0 Å². The Balaban J connectivity index is 1.34. The number of ether oxygens (including phenoxy) is 2. The predicted octanol–water partition coefficient (Wildman–Crippen LogP) is 1.98. The van der Waals surface area contributed by atoms with Gasteiger partial charge in [0.1, 0.15) is 24.0 Å². The first-order chi connectivity index (χ1) is 14.2. The normalized spacial score (nSPS) is 18.6. The molecule has 2 aromatic rings. The molecule has 0 unspecified atom stereocenters. The van der Waals surface area contributed by atoms with Crippen molar-refractivity contribution < 1.29 is 18.7 Å². The van der Waals surface area contributed by atoms with E-state index in [0.29, 0.717) is 44.3 Å². The molecule has 0 aliphatic carbocycles. The minimum absolute atomic E-state index is 0.0212. The highest BCUT2D eigenvalue weighted by molar-refractivity contribution is 5.78. The molecule has 3 heterocycles. The Morgan fingerprint density at radius 1 is 1.17 bits per heavy atom. The van der Waals surface area contributed by atoms with E-state index >= 15 is 0 Å². The lowest BCUT2D eigenvalue weighted by Gasteiger charge is -2.34. The molecule has 29 heavy (non-hydrogen) atoms. The van der Waals surface area contributed by atoms with Crippen LogP contribution in [0.5, 0.6) is 5.75 Å². The Morgan fingerprint density at radius 3 is 2.69 bits per heavy atom. The lowest BCUT2D eigenvalue weighted by Crippen LogP contribution is -2.48. The molecular formula is C21H25FN4O3. The van der Waals surface area contributed by atoms with Crippen LogP contribution in [0.2, 0.25) is 0 Å². The second-order valence-electron chi connectivity index (χ2n) is 7.32. The maximum Gasteiger partial charge on any atom is 0.236 e. The molecule has 0 spiro atoms. The van der Waals surface area contributed by atoms with Crippen LogP contribution in [0.1, 0.15) is 12.8 Å². The first-order valence-corrected chi connectivity index (χ1v) is 9.99. The number of benzene rings is 1. The second kappa shape index (κ2) is 9.28. The zero-order valence-corrected chi connectivity index (χ0v) is 16.3. The third-order valence-electron chi connectivity index (χ3n) is 5.35. The molecule has 2 aliphatic heterocycles. The van der Waals surface area contributed by atoms with Gasteiger partial charge in [0.2, 0.25) is 5.91 Å². The molecule has 0 saturated carbocycles. The summed E-state index contributed by atoms with van der Waals surface area (Å²) in [5, 5.41) is 0. The maximum atomic E-state index is 13.8. The molecule has 0 atom stereocenters. The van der Waals surface area contributed by atoms with E-state index in [1.165, 1.54) is 18.5 Å². The summed E-state index contributed by atoms with van der Waals surface area (Å²) in [6, 6.07) is 6.28. The van der Waals surface area contributed by atoms with Gasteiger partial charge in [-0.05, 0) is 31.0 Å². The summed E-state index contributed by atoms with van der Waals surface area (Å²) in [6.45, 7) is 4.55. The van der Waals surface area contributed by atoms with Crippen LogP contribution in [0.25, 0.3) is 11.3 Å². The lowest BCUT2D eigenvalue weighted by molar-refractivity contribution is -0.136. The SMILES string of the molecule is O=C(CN1CCC(Oc2cc(F)ccc2-c2ccncn2)CC1)N1CCOCC1. The van der Waals surface area contributed by atoms with E-state index < -0.39 is 0 Å². The van der Waals surface area contributed by atoms with Crippen molar-refractivity contribution in [2.24, 2.45) is 0 Å². The molecule has 2 fully saturated rings. The van der Waals surface area contributed by atoms with Gasteiger partial charge in [-0.15, -0.1) is 0 Å². The molecule has 154 valence electrons. The third-order valence-corrected chi connectivity index (χ3v) is 5.35. The Labute approximate surface area is 169 Å². The zero-order valence-electron chi connectivity index (χ0n) is 16.3. The highest BCUT2D eigenvalue weighted by Gasteiger charge is 2.25. The van der Waals surface area contributed by atoms with Crippen LogP contribution in [0.3, 0.4) is 0 Å². The molecule has 0 N–H and O–H groups in total. The van der Waals surface area contributed by atoms with Crippen LogP contribution in [0, 0.1) is 5.82 Å². The largest absolute Gasteiger partial charge is 0.490 e. The zero-order chi connectivity index (χ0) is 20.1. The fraction of sp³-hybridized carbons (Fsp3) is 0.476. The molecule has 1 amide bonds. The quantitative estimate of drug-likeness (QED) is 0.765. The van der Waals surface area contributed by atoms with Gasteiger partial charge >= 0.3 is 0 Å². The van der Waals surface area contributed by atoms with Gasteiger partial charge in [-0.2, -0.15) is 0 Å². The number of halogens is 1. The Morgan fingerprint density at radius 2 is 1.97 bits per heavy atom. The first kappa shape index (κ1) is 19.7. The van der Waals surface area contributed by atoms with Crippen LogP contribution in [0.15, 0.2) is 36.8 Å². The summed E-state index contributed by atoms with van der Waals surface area (Å²) in [5.41, 5.74) is 1.45. The van der Waals surface area contributed by atoms with Gasteiger partial charge in [0.25, 0.3) is 0 Å². The molecule has 8 heteroatoms. The standard InChI is InChI=1S/C21H25FN4O3/c22-16-1-2-18(19-3-6-23-15-24-19)20(13-16)29-17-4-7-25(8-5-17)14-21(27)26-9-11-28-12-10-26/h1-3,6,13,15,17H,4-5,7-12,14H2. The summed E-state index contributed by atoms with van der Waals surface area (Å²) >= 11 is 0. The summed E-state index contributed by atoms with van der Waals surface area (Å²) in [6.07, 6.45) is 4.67. The smallest absolute Gasteiger partial charge is 0.236 e. The number of piperidine rings is 1. The van der Waals surface area contributed by atoms with Gasteiger partial charge in [0.15, 0.2) is 0 Å². The number of carbonyl (C=O) groups excluding carboxylic acids is 1. The number of aromatic nitrogens is 2. The lowest BCUT2D eigenvalue weighted by atomic mass is 10.1. The molecule has 7 nitrogen and oxygen atoms in total. The highest BCUT2D eigenvalue weighted by Crippen LogP contribution is 2.31. The average Bonchev–Trinajstić information content (AvgIpc) is 2.76. The number of morpholine rings is 1. The number of hydrogen-bond donors (Lipinski definition) is 0. The fourth-order valence-electron chi connectivity index (χ4n) is 3.72. The van der Waals surface area contributed by atoms with E-state index in [-0.39, 0.29) is 17.8 Å². The van der Waals surface area contributed by atoms with Crippen molar-refractivity contribution in [3.63, 3.8) is 0 Å². The summed E-state index contributed by atoms with van der Waals surface area (Å²) in [7, 11) is 0. The summed E-state index contributed by atoms with van der Waals surface area (Å²) in [4.78, 5) is 24.6. The van der Waals surface area contributed by atoms with E-state index in [1.807, 2.05) is 4.90 Å². The summed E-state index contributed by atoms with van der Waals surface area (Å²) < 4.78 is 25.3. The molecule has 1 aromatic carbocycles. The number of nitrogens with zero attached hydrogens (tertiary/aromatic N) is 4. The first-order valence-electron chi connectivity index (χ1n) is 9.99. The van der Waals surface area contributed by atoms with E-state index in [4.69, 9.17) is 9.47 Å². The van der Waals surface area contributed by atoms with Gasteiger partial charge in [-0.1, -0.05) is 0 Å². The topological polar surface area (TPSA) is 67.8 Å². The second-order valence-corrected chi connectivity index (χ2v) is 7.32. The number of likely N-dealkylation sites (tertiary alicyclic amines) is 1. The van der Waals surface area contributed by atoms with Crippen molar-refractivity contribution in [3.05, 3.63) is 42.6 Å². The summed E-state index contributed by atoms with van der Waals surface area (Å²) in [5.74, 6) is 0.307. The van der Waals surface area contributed by atoms with Gasteiger partial charge in [-0.3, -0.25) is 9.69 Å². The average molecular weight is 400 g/mol. The van der Waals surface area contributed by atoms with Crippen LogP contribution >= 0.6 is 0 Å². The van der Waals surface area contributed by atoms with Crippen molar-refractivity contribution in [1.82, 2.24) is 19.8 Å². The van der Waals surface area contributed by atoms with Gasteiger partial charge in [0, 0.05) is 44.0 Å². The molecule has 1 aromatic heterocycles. The van der Waals surface area contributed by atoms with Crippen molar-refractivity contribution in [2.75, 3.05) is 45.9 Å². The minimum Gasteiger partial charge on any atom is -0.490 e. The van der Waals surface area contributed by atoms with Crippen LogP contribution in [-0.4, -0.2) is 77.7 Å². The van der Waals surface area contributed by atoms with E-state index in [1.54, 1.807) is 18.3 Å². The number of amides is 1. The minimum atomic E-state index is -0.341. The van der Waals surface area contributed by atoms with Gasteiger partial charge in [-0.25, -0.2) is 14.4 Å². The highest BCUT2D eigenvalue weighted by atomic mass is 19.1. The van der Waals surface area contributed by atoms with Crippen molar-refractivity contribution in [2.45, 2.75) is 18.9 Å². The molecule has 0 bridgehead atoms. The molecular weight excluding hydrogens is 375 g/mol. The van der Waals surface area contributed by atoms with Crippen LogP contribution in [0.4, 0.5) is 4.39 Å². The van der Waals surface area contributed by atoms with E-state index in [2.05, 4.69) is 14.9 Å². The van der Waals surface area contributed by atoms with Crippen LogP contribution in [-0.2, 0) is 9.53 Å². The third kappa shape index (κ3) is 5.07. The Kier molecular flexibility index (Phi) is 6.31. The van der Waals surface area contributed by atoms with Gasteiger partial charge < -0.3 is 14.4 Å². The number of rotatable bonds is 5. The Hall–Kier alpha value is -2.58. The number of hydrogen-bond acceptors (Lipinski definition) is 6. The fourth-order valence-corrected chi connectivity index (χ4v) is 3.72. The van der Waals surface area contributed by atoms with E-state index in [0.717, 1.165) is 31.5 Å².